The van der Waals surface area contributed by atoms with Gasteiger partial charge in [-0.05, 0) is 30.2 Å². The molecule has 0 heterocycles. The molecule has 0 atom stereocenters. The molecule has 0 spiro atoms. The number of carbonyl (C=O) groups excluding carboxylic acids is 2. The van der Waals surface area contributed by atoms with Crippen molar-refractivity contribution in [2.45, 2.75) is 19.9 Å². The summed E-state index contributed by atoms with van der Waals surface area (Å²) >= 11 is 0. The Labute approximate surface area is 100 Å². The third-order valence-corrected chi connectivity index (χ3v) is 2.49. The van der Waals surface area contributed by atoms with Crippen LogP contribution in [0.15, 0.2) is 18.2 Å². The van der Waals surface area contributed by atoms with Crippen LogP contribution in [0, 0.1) is 6.92 Å². The summed E-state index contributed by atoms with van der Waals surface area (Å²) in [6.07, 6.45) is 0.318. The molecule has 0 aliphatic carbocycles. The summed E-state index contributed by atoms with van der Waals surface area (Å²) in [5, 5.41) is 3.11. The van der Waals surface area contributed by atoms with Crippen molar-refractivity contribution in [2.75, 3.05) is 6.54 Å². The number of amides is 2. The van der Waals surface area contributed by atoms with E-state index in [0.717, 1.165) is 11.1 Å². The van der Waals surface area contributed by atoms with Crippen molar-refractivity contribution in [3.63, 3.8) is 0 Å². The molecule has 0 aromatic heterocycles. The molecule has 0 saturated heterocycles. The van der Waals surface area contributed by atoms with E-state index in [0.29, 0.717) is 25.1 Å². The third kappa shape index (κ3) is 4.24. The van der Waals surface area contributed by atoms with Crippen molar-refractivity contribution in [3.05, 3.63) is 34.9 Å². The lowest BCUT2D eigenvalue weighted by Gasteiger charge is -2.08. The molecule has 1 rings (SSSR count). The maximum atomic E-state index is 11.0. The molecule has 5 heteroatoms. The van der Waals surface area contributed by atoms with E-state index in [1.54, 1.807) is 12.1 Å². The first-order valence-electron chi connectivity index (χ1n) is 5.39. The molecule has 17 heavy (non-hydrogen) atoms. The maximum absolute atomic E-state index is 11.0. The molecule has 5 N–H and O–H groups in total. The second-order valence-electron chi connectivity index (χ2n) is 3.90. The van der Waals surface area contributed by atoms with E-state index in [1.165, 1.54) is 0 Å². The number of rotatable bonds is 6. The average molecular weight is 235 g/mol. The first-order valence-corrected chi connectivity index (χ1v) is 5.39. The van der Waals surface area contributed by atoms with Gasteiger partial charge >= 0.3 is 0 Å². The molecule has 0 saturated carbocycles. The van der Waals surface area contributed by atoms with E-state index < -0.39 is 5.91 Å². The van der Waals surface area contributed by atoms with Crippen LogP contribution in [0.25, 0.3) is 0 Å². The molecular formula is C12H17N3O2. The highest BCUT2D eigenvalue weighted by molar-refractivity contribution is 5.93. The number of hydrogen-bond acceptors (Lipinski definition) is 3. The average Bonchev–Trinajstić information content (AvgIpc) is 2.25. The Bertz CT molecular complexity index is 430. The van der Waals surface area contributed by atoms with E-state index in [4.69, 9.17) is 11.5 Å². The Kier molecular flexibility index (Phi) is 4.66. The summed E-state index contributed by atoms with van der Waals surface area (Å²) in [7, 11) is 0. The second kappa shape index (κ2) is 6.00. The molecule has 92 valence electrons. The zero-order valence-electron chi connectivity index (χ0n) is 9.82. The second-order valence-corrected chi connectivity index (χ2v) is 3.90. The quantitative estimate of drug-likeness (QED) is 0.608. The predicted molar refractivity (Wildman–Crippen MR) is 65.2 cm³/mol. The number of hydrogen-bond donors (Lipinski definition) is 3. The molecule has 0 radical (unpaired) electrons. The third-order valence-electron chi connectivity index (χ3n) is 2.49. The largest absolute Gasteiger partial charge is 0.370 e. The molecular weight excluding hydrogens is 218 g/mol. The van der Waals surface area contributed by atoms with Crippen molar-refractivity contribution >= 4 is 11.8 Å². The normalized spacial score (nSPS) is 10.2. The maximum Gasteiger partial charge on any atom is 0.248 e. The van der Waals surface area contributed by atoms with Crippen molar-refractivity contribution in [3.8, 4) is 0 Å². The Hall–Kier alpha value is -1.88. The van der Waals surface area contributed by atoms with Crippen molar-refractivity contribution in [1.82, 2.24) is 5.32 Å². The lowest BCUT2D eigenvalue weighted by atomic mass is 10.0. The topological polar surface area (TPSA) is 98.2 Å². The highest BCUT2D eigenvalue weighted by atomic mass is 16.1. The smallest absolute Gasteiger partial charge is 0.248 e. The summed E-state index contributed by atoms with van der Waals surface area (Å²) in [6, 6.07) is 5.31. The van der Waals surface area contributed by atoms with Crippen LogP contribution in [0.2, 0.25) is 0 Å². The predicted octanol–water partition coefficient (Wildman–Crippen LogP) is 0.0589. The molecule has 0 aliphatic rings. The monoisotopic (exact) mass is 235 g/mol. The van der Waals surface area contributed by atoms with Crippen molar-refractivity contribution in [2.24, 2.45) is 11.5 Å². The summed E-state index contributed by atoms with van der Waals surface area (Å²) in [5.74, 6) is -0.750. The Morgan fingerprint density at radius 1 is 1.29 bits per heavy atom. The summed E-state index contributed by atoms with van der Waals surface area (Å²) < 4.78 is 0. The minimum absolute atomic E-state index is 0.318. The fraction of sp³-hybridized carbons (Fsp3) is 0.333. The Morgan fingerprint density at radius 2 is 2.00 bits per heavy atom. The van der Waals surface area contributed by atoms with Crippen LogP contribution in [0.1, 0.15) is 27.9 Å². The standard InChI is InChI=1S/C12H17N3O2/c1-8-6-9(12(14)17)2-3-10(8)7-15-5-4-11(13)16/h2-3,6,15H,4-5,7H2,1H3,(H2,13,16)(H2,14,17). The van der Waals surface area contributed by atoms with Gasteiger partial charge < -0.3 is 16.8 Å². The van der Waals surface area contributed by atoms with Gasteiger partial charge in [0.05, 0.1) is 0 Å². The molecule has 0 fully saturated rings. The van der Waals surface area contributed by atoms with Gasteiger partial charge in [0.1, 0.15) is 0 Å². The van der Waals surface area contributed by atoms with Crippen LogP contribution >= 0.6 is 0 Å². The van der Waals surface area contributed by atoms with E-state index in [-0.39, 0.29) is 5.91 Å². The van der Waals surface area contributed by atoms with Gasteiger partial charge in [-0.2, -0.15) is 0 Å². The van der Waals surface area contributed by atoms with Gasteiger partial charge in [0.25, 0.3) is 0 Å². The van der Waals surface area contributed by atoms with Crippen molar-refractivity contribution in [1.29, 1.82) is 0 Å². The minimum Gasteiger partial charge on any atom is -0.370 e. The van der Waals surface area contributed by atoms with Gasteiger partial charge in [-0.15, -0.1) is 0 Å². The number of aryl methyl sites for hydroxylation is 1. The SMILES string of the molecule is Cc1cc(C(N)=O)ccc1CNCCC(N)=O. The molecule has 0 bridgehead atoms. The molecule has 1 aromatic rings. The van der Waals surface area contributed by atoms with Gasteiger partial charge in [-0.1, -0.05) is 6.07 Å². The van der Waals surface area contributed by atoms with Gasteiger partial charge in [-0.3, -0.25) is 9.59 Å². The number of benzene rings is 1. The van der Waals surface area contributed by atoms with E-state index >= 15 is 0 Å². The highest BCUT2D eigenvalue weighted by Crippen LogP contribution is 2.10. The van der Waals surface area contributed by atoms with Crippen LogP contribution < -0.4 is 16.8 Å². The molecule has 5 nitrogen and oxygen atoms in total. The number of carbonyl (C=O) groups is 2. The van der Waals surface area contributed by atoms with Crippen LogP contribution in [-0.4, -0.2) is 18.4 Å². The van der Waals surface area contributed by atoms with E-state index in [1.807, 2.05) is 13.0 Å². The first kappa shape index (κ1) is 13.2. The molecule has 0 unspecified atom stereocenters. The zero-order valence-corrected chi connectivity index (χ0v) is 9.82. The van der Waals surface area contributed by atoms with Crippen molar-refractivity contribution < 1.29 is 9.59 Å². The van der Waals surface area contributed by atoms with E-state index in [2.05, 4.69) is 5.32 Å². The minimum atomic E-state index is -0.429. The molecule has 2 amide bonds. The lowest BCUT2D eigenvalue weighted by Crippen LogP contribution is -2.22. The van der Waals surface area contributed by atoms with Gasteiger partial charge in [0.15, 0.2) is 0 Å². The molecule has 1 aromatic carbocycles. The van der Waals surface area contributed by atoms with Gasteiger partial charge in [0, 0.05) is 25.1 Å². The Morgan fingerprint density at radius 3 is 2.53 bits per heavy atom. The van der Waals surface area contributed by atoms with Gasteiger partial charge in [-0.25, -0.2) is 0 Å². The van der Waals surface area contributed by atoms with Crippen LogP contribution in [-0.2, 0) is 11.3 Å². The summed E-state index contributed by atoms with van der Waals surface area (Å²) in [6.45, 7) is 3.10. The lowest BCUT2D eigenvalue weighted by molar-refractivity contribution is -0.117. The number of primary amides is 2. The number of nitrogens with two attached hydrogens (primary N) is 2. The zero-order chi connectivity index (χ0) is 12.8. The van der Waals surface area contributed by atoms with Crippen LogP contribution in [0.4, 0.5) is 0 Å². The van der Waals surface area contributed by atoms with E-state index in [9.17, 15) is 9.59 Å². The molecule has 0 aliphatic heterocycles. The van der Waals surface area contributed by atoms with Crippen LogP contribution in [0.3, 0.4) is 0 Å². The fourth-order valence-electron chi connectivity index (χ4n) is 1.48. The fourth-order valence-corrected chi connectivity index (χ4v) is 1.48. The van der Waals surface area contributed by atoms with Gasteiger partial charge in [0.2, 0.25) is 11.8 Å². The first-order chi connectivity index (χ1) is 8.00. The van der Waals surface area contributed by atoms with Crippen LogP contribution in [0.5, 0.6) is 0 Å². The summed E-state index contributed by atoms with van der Waals surface area (Å²) in [4.78, 5) is 21.5. The highest BCUT2D eigenvalue weighted by Gasteiger charge is 2.04. The number of nitrogens with one attached hydrogen (secondary N) is 1. The summed E-state index contributed by atoms with van der Waals surface area (Å²) in [5.41, 5.74) is 12.8. The Balaban J connectivity index is 2.54.